The summed E-state index contributed by atoms with van der Waals surface area (Å²) in [7, 11) is 1.63. The van der Waals surface area contributed by atoms with Crippen LogP contribution in [0.4, 0.5) is 0 Å². The first kappa shape index (κ1) is 16.1. The minimum atomic E-state index is -0.174. The van der Waals surface area contributed by atoms with Gasteiger partial charge in [0, 0.05) is 13.1 Å². The van der Waals surface area contributed by atoms with E-state index >= 15 is 0 Å². The van der Waals surface area contributed by atoms with Crippen molar-refractivity contribution in [2.24, 2.45) is 4.99 Å². The molecule has 2 heterocycles. The van der Waals surface area contributed by atoms with Crippen molar-refractivity contribution >= 4 is 28.9 Å². The Labute approximate surface area is 140 Å². The third kappa shape index (κ3) is 3.76. The van der Waals surface area contributed by atoms with Crippen molar-refractivity contribution in [2.75, 3.05) is 20.2 Å². The van der Waals surface area contributed by atoms with Crippen LogP contribution in [-0.4, -0.2) is 48.4 Å². The van der Waals surface area contributed by atoms with Gasteiger partial charge in [-0.1, -0.05) is 12.1 Å². The largest absolute Gasteiger partial charge is 0.497 e. The van der Waals surface area contributed by atoms with Crippen molar-refractivity contribution in [3.63, 3.8) is 0 Å². The van der Waals surface area contributed by atoms with Crippen molar-refractivity contribution in [1.29, 1.82) is 0 Å². The van der Waals surface area contributed by atoms with E-state index in [-0.39, 0.29) is 18.1 Å². The summed E-state index contributed by atoms with van der Waals surface area (Å²) in [6.07, 6.45) is 2.16. The molecule has 0 bridgehead atoms. The number of hydrogen-bond donors (Lipinski definition) is 0. The molecule has 0 saturated carbocycles. The van der Waals surface area contributed by atoms with E-state index in [1.165, 1.54) is 11.8 Å². The summed E-state index contributed by atoms with van der Waals surface area (Å²) in [6.45, 7) is 5.61. The Morgan fingerprint density at radius 3 is 2.52 bits per heavy atom. The van der Waals surface area contributed by atoms with E-state index in [9.17, 15) is 4.79 Å². The minimum absolute atomic E-state index is 0.145. The van der Waals surface area contributed by atoms with Crippen LogP contribution in [-0.2, 0) is 9.53 Å². The molecule has 0 spiro atoms. The van der Waals surface area contributed by atoms with Gasteiger partial charge in [0.1, 0.15) is 5.75 Å². The standard InChI is InChI=1S/C17H20N2O3S/c1-11-9-19(10-12(2)22-11)17-18-16(20)15(23-17)8-13-4-6-14(21-3)7-5-13/h4-8,11-12H,9-10H2,1-3H3/b15-8-/t11-,12+. The minimum Gasteiger partial charge on any atom is -0.497 e. The molecule has 0 aromatic heterocycles. The summed E-state index contributed by atoms with van der Waals surface area (Å²) in [5.74, 6) is 0.624. The predicted octanol–water partition coefficient (Wildman–Crippen LogP) is 2.77. The summed E-state index contributed by atoms with van der Waals surface area (Å²) >= 11 is 1.43. The number of morpholine rings is 1. The van der Waals surface area contributed by atoms with E-state index in [0.29, 0.717) is 4.91 Å². The fourth-order valence-corrected chi connectivity index (χ4v) is 3.65. The number of ether oxygens (including phenoxy) is 2. The maximum atomic E-state index is 12.2. The molecule has 0 N–H and O–H groups in total. The molecule has 2 atom stereocenters. The van der Waals surface area contributed by atoms with Crippen molar-refractivity contribution in [1.82, 2.24) is 4.90 Å². The van der Waals surface area contributed by atoms with Gasteiger partial charge in [-0.15, -0.1) is 0 Å². The average Bonchev–Trinajstić information content (AvgIpc) is 2.88. The van der Waals surface area contributed by atoms with Gasteiger partial charge in [0.2, 0.25) is 0 Å². The smallest absolute Gasteiger partial charge is 0.286 e. The lowest BCUT2D eigenvalue weighted by molar-refractivity contribution is -0.113. The molecular weight excluding hydrogens is 312 g/mol. The van der Waals surface area contributed by atoms with Crippen LogP contribution in [0.1, 0.15) is 19.4 Å². The molecule has 2 aliphatic rings. The Morgan fingerprint density at radius 1 is 1.26 bits per heavy atom. The zero-order valence-corrected chi connectivity index (χ0v) is 14.3. The zero-order valence-electron chi connectivity index (χ0n) is 13.5. The molecule has 1 aromatic rings. The lowest BCUT2D eigenvalue weighted by atomic mass is 10.2. The third-order valence-electron chi connectivity index (χ3n) is 3.71. The molecular formula is C17H20N2O3S. The second kappa shape index (κ2) is 6.76. The number of carbonyl (C=O) groups is 1. The average molecular weight is 332 g/mol. The van der Waals surface area contributed by atoms with E-state index in [2.05, 4.69) is 9.89 Å². The number of amides is 1. The summed E-state index contributed by atoms with van der Waals surface area (Å²) in [5.41, 5.74) is 0.960. The molecule has 0 aliphatic carbocycles. The summed E-state index contributed by atoms with van der Waals surface area (Å²) in [5, 5.41) is 0.775. The van der Waals surface area contributed by atoms with Gasteiger partial charge in [-0.3, -0.25) is 4.79 Å². The van der Waals surface area contributed by atoms with Gasteiger partial charge in [-0.25, -0.2) is 0 Å². The summed E-state index contributed by atoms with van der Waals surface area (Å²) in [6, 6.07) is 7.61. The Balaban J connectivity index is 1.72. The molecule has 2 aliphatic heterocycles. The van der Waals surface area contributed by atoms with Crippen molar-refractivity contribution in [3.05, 3.63) is 34.7 Å². The number of rotatable bonds is 2. The maximum absolute atomic E-state index is 12.2. The van der Waals surface area contributed by atoms with Gasteiger partial charge >= 0.3 is 0 Å². The maximum Gasteiger partial charge on any atom is 0.286 e. The zero-order chi connectivity index (χ0) is 16.4. The summed E-state index contributed by atoms with van der Waals surface area (Å²) < 4.78 is 10.9. The summed E-state index contributed by atoms with van der Waals surface area (Å²) in [4.78, 5) is 19.2. The highest BCUT2D eigenvalue weighted by molar-refractivity contribution is 8.18. The van der Waals surface area contributed by atoms with E-state index < -0.39 is 0 Å². The van der Waals surface area contributed by atoms with Gasteiger partial charge < -0.3 is 14.4 Å². The van der Waals surface area contributed by atoms with E-state index in [0.717, 1.165) is 29.6 Å². The van der Waals surface area contributed by atoms with Gasteiger partial charge in [0.05, 0.1) is 24.2 Å². The SMILES string of the molecule is COc1ccc(/C=C2\SC(N3C[C@@H](C)O[C@@H](C)C3)=NC2=O)cc1. The van der Waals surface area contributed by atoms with Crippen molar-refractivity contribution in [2.45, 2.75) is 26.1 Å². The molecule has 122 valence electrons. The molecule has 5 nitrogen and oxygen atoms in total. The monoisotopic (exact) mass is 332 g/mol. The van der Waals surface area contributed by atoms with E-state index in [1.807, 2.05) is 44.2 Å². The van der Waals surface area contributed by atoms with Crippen molar-refractivity contribution in [3.8, 4) is 5.75 Å². The number of benzene rings is 1. The van der Waals surface area contributed by atoms with Crippen LogP contribution in [0.15, 0.2) is 34.2 Å². The Morgan fingerprint density at radius 2 is 1.91 bits per heavy atom. The number of thioether (sulfide) groups is 1. The molecule has 1 amide bonds. The van der Waals surface area contributed by atoms with Crippen LogP contribution in [0.2, 0.25) is 0 Å². The second-order valence-electron chi connectivity index (χ2n) is 5.75. The van der Waals surface area contributed by atoms with Crippen LogP contribution >= 0.6 is 11.8 Å². The van der Waals surface area contributed by atoms with Crippen LogP contribution in [0.3, 0.4) is 0 Å². The third-order valence-corrected chi connectivity index (χ3v) is 4.76. The molecule has 1 saturated heterocycles. The van der Waals surface area contributed by atoms with E-state index in [4.69, 9.17) is 9.47 Å². The molecule has 0 unspecified atom stereocenters. The number of nitrogens with zero attached hydrogens (tertiary/aromatic N) is 2. The number of methoxy groups -OCH3 is 1. The second-order valence-corrected chi connectivity index (χ2v) is 6.75. The normalized spacial score (nSPS) is 26.6. The Hall–Kier alpha value is -1.79. The molecule has 0 radical (unpaired) electrons. The van der Waals surface area contributed by atoms with Gasteiger partial charge in [-0.2, -0.15) is 4.99 Å². The number of hydrogen-bond acceptors (Lipinski definition) is 5. The van der Waals surface area contributed by atoms with Crippen LogP contribution in [0, 0.1) is 0 Å². The first-order chi connectivity index (χ1) is 11.0. The van der Waals surface area contributed by atoms with Gasteiger partial charge in [0.25, 0.3) is 5.91 Å². The topological polar surface area (TPSA) is 51.1 Å². The highest BCUT2D eigenvalue weighted by Gasteiger charge is 2.30. The van der Waals surface area contributed by atoms with Crippen LogP contribution in [0.25, 0.3) is 6.08 Å². The van der Waals surface area contributed by atoms with Gasteiger partial charge in [-0.05, 0) is 49.4 Å². The lowest BCUT2D eigenvalue weighted by Gasteiger charge is -2.35. The fraction of sp³-hybridized carbons (Fsp3) is 0.412. The Bertz CT molecular complexity index is 644. The number of carbonyl (C=O) groups excluding carboxylic acids is 1. The predicted molar refractivity (Wildman–Crippen MR) is 92.6 cm³/mol. The van der Waals surface area contributed by atoms with Crippen LogP contribution < -0.4 is 4.74 Å². The van der Waals surface area contributed by atoms with Crippen molar-refractivity contribution < 1.29 is 14.3 Å². The number of aliphatic imine (C=N–C) groups is 1. The molecule has 1 aromatic carbocycles. The number of amidine groups is 1. The van der Waals surface area contributed by atoms with E-state index in [1.54, 1.807) is 7.11 Å². The quantitative estimate of drug-likeness (QED) is 0.780. The first-order valence-corrected chi connectivity index (χ1v) is 8.44. The van der Waals surface area contributed by atoms with Gasteiger partial charge in [0.15, 0.2) is 5.17 Å². The van der Waals surface area contributed by atoms with Crippen LogP contribution in [0.5, 0.6) is 5.75 Å². The molecule has 23 heavy (non-hydrogen) atoms. The molecule has 6 heteroatoms. The first-order valence-electron chi connectivity index (χ1n) is 7.62. The molecule has 3 rings (SSSR count). The lowest BCUT2D eigenvalue weighted by Crippen LogP contribution is -2.47. The highest BCUT2D eigenvalue weighted by Crippen LogP contribution is 2.31. The molecule has 1 fully saturated rings. The Kier molecular flexibility index (Phi) is 4.73. The fourth-order valence-electron chi connectivity index (χ4n) is 2.72. The highest BCUT2D eigenvalue weighted by atomic mass is 32.2.